The van der Waals surface area contributed by atoms with E-state index in [1.54, 1.807) is 18.7 Å². The van der Waals surface area contributed by atoms with Crippen LogP contribution in [-0.2, 0) is 13.0 Å². The molecule has 0 aliphatic rings. The fraction of sp³-hybridized carbons (Fsp3) is 0.231. The van der Waals surface area contributed by atoms with Crippen molar-refractivity contribution in [2.24, 2.45) is 0 Å². The van der Waals surface area contributed by atoms with Gasteiger partial charge in [-0.05, 0) is 18.2 Å². The minimum Gasteiger partial charge on any atom is -0.472 e. The molecule has 3 aromatic rings. The van der Waals surface area contributed by atoms with Gasteiger partial charge in [0.15, 0.2) is 5.65 Å². The summed E-state index contributed by atoms with van der Waals surface area (Å²) < 4.78 is 7.18. The molecule has 0 amide bonds. The summed E-state index contributed by atoms with van der Waals surface area (Å²) in [5.41, 5.74) is 2.88. The van der Waals surface area contributed by atoms with Gasteiger partial charge in [0.25, 0.3) is 0 Å². The average Bonchev–Trinajstić information content (AvgIpc) is 3.00. The van der Waals surface area contributed by atoms with Crippen LogP contribution < -0.4 is 0 Å². The number of aromatic nitrogens is 3. The highest BCUT2D eigenvalue weighted by molar-refractivity contribution is 6.17. The van der Waals surface area contributed by atoms with Crippen LogP contribution in [0.15, 0.2) is 41.3 Å². The second-order valence-corrected chi connectivity index (χ2v) is 4.41. The van der Waals surface area contributed by atoms with Crippen LogP contribution in [-0.4, -0.2) is 20.4 Å². The molecule has 4 nitrogen and oxygen atoms in total. The maximum absolute atomic E-state index is 5.83. The maximum Gasteiger partial charge on any atom is 0.160 e. The molecule has 3 heterocycles. The Balaban J connectivity index is 2.09. The molecule has 0 radical (unpaired) electrons. The van der Waals surface area contributed by atoms with Crippen molar-refractivity contribution in [1.29, 1.82) is 0 Å². The summed E-state index contributed by atoms with van der Waals surface area (Å²) in [6.45, 7) is 0.705. The Hall–Kier alpha value is -1.81. The Morgan fingerprint density at radius 2 is 2.28 bits per heavy atom. The second-order valence-electron chi connectivity index (χ2n) is 4.03. The normalized spacial score (nSPS) is 11.2. The van der Waals surface area contributed by atoms with Crippen molar-refractivity contribution in [2.75, 3.05) is 5.88 Å². The minimum atomic E-state index is 0.550. The number of pyridine rings is 1. The molecule has 0 unspecified atom stereocenters. The lowest BCUT2D eigenvalue weighted by Crippen LogP contribution is -2.06. The van der Waals surface area contributed by atoms with E-state index in [9.17, 15) is 0 Å². The van der Waals surface area contributed by atoms with Crippen LogP contribution in [0.1, 0.15) is 11.4 Å². The zero-order chi connectivity index (χ0) is 12.4. The van der Waals surface area contributed by atoms with E-state index in [4.69, 9.17) is 16.0 Å². The van der Waals surface area contributed by atoms with E-state index in [1.807, 2.05) is 18.2 Å². The Morgan fingerprint density at radius 1 is 1.33 bits per heavy atom. The first-order valence-electron chi connectivity index (χ1n) is 5.75. The maximum atomic E-state index is 5.83. The third-order valence-electron chi connectivity index (χ3n) is 2.82. The van der Waals surface area contributed by atoms with Crippen LogP contribution in [0.3, 0.4) is 0 Å². The summed E-state index contributed by atoms with van der Waals surface area (Å²) in [5.74, 6) is 1.51. The Kier molecular flexibility index (Phi) is 3.02. The molecule has 0 saturated heterocycles. The molecule has 0 N–H and O–H groups in total. The number of alkyl halides is 1. The van der Waals surface area contributed by atoms with E-state index in [-0.39, 0.29) is 0 Å². The van der Waals surface area contributed by atoms with Gasteiger partial charge < -0.3 is 8.98 Å². The molecular formula is C13H12ClN3O. The summed E-state index contributed by atoms with van der Waals surface area (Å²) in [6.07, 6.45) is 5.92. The topological polar surface area (TPSA) is 43.9 Å². The third kappa shape index (κ3) is 1.99. The van der Waals surface area contributed by atoms with Crippen LogP contribution >= 0.6 is 11.6 Å². The number of hydrogen-bond acceptors (Lipinski definition) is 3. The molecule has 0 aromatic carbocycles. The van der Waals surface area contributed by atoms with E-state index in [1.165, 1.54) is 0 Å². The summed E-state index contributed by atoms with van der Waals surface area (Å²) in [7, 11) is 0. The van der Waals surface area contributed by atoms with Crippen molar-refractivity contribution in [2.45, 2.75) is 13.0 Å². The molecule has 5 heteroatoms. The SMILES string of the molecule is ClCCc1nc2cccnc2n1Cc1ccoc1. The van der Waals surface area contributed by atoms with Gasteiger partial charge in [0, 0.05) is 24.1 Å². The van der Waals surface area contributed by atoms with Gasteiger partial charge in [-0.15, -0.1) is 11.6 Å². The molecule has 0 bridgehead atoms. The molecular weight excluding hydrogens is 250 g/mol. The number of aryl methyl sites for hydroxylation is 1. The molecule has 0 fully saturated rings. The quantitative estimate of drug-likeness (QED) is 0.679. The van der Waals surface area contributed by atoms with E-state index in [0.717, 1.165) is 29.0 Å². The Bertz CT molecular complexity index is 645. The molecule has 18 heavy (non-hydrogen) atoms. The first kappa shape index (κ1) is 11.3. The predicted molar refractivity (Wildman–Crippen MR) is 69.8 cm³/mol. The van der Waals surface area contributed by atoms with Crippen LogP contribution in [0, 0.1) is 0 Å². The predicted octanol–water partition coefficient (Wildman–Crippen LogP) is 2.85. The van der Waals surface area contributed by atoms with Crippen molar-refractivity contribution in [3.05, 3.63) is 48.3 Å². The van der Waals surface area contributed by atoms with Crippen LogP contribution in [0.25, 0.3) is 11.2 Å². The van der Waals surface area contributed by atoms with Gasteiger partial charge in [0.1, 0.15) is 11.3 Å². The molecule has 0 aliphatic heterocycles. The fourth-order valence-electron chi connectivity index (χ4n) is 2.01. The van der Waals surface area contributed by atoms with Crippen molar-refractivity contribution in [3.8, 4) is 0 Å². The van der Waals surface area contributed by atoms with Crippen molar-refractivity contribution < 1.29 is 4.42 Å². The van der Waals surface area contributed by atoms with Gasteiger partial charge in [-0.3, -0.25) is 0 Å². The monoisotopic (exact) mass is 261 g/mol. The second kappa shape index (κ2) is 4.82. The fourth-order valence-corrected chi connectivity index (χ4v) is 2.18. The summed E-state index contributed by atoms with van der Waals surface area (Å²) in [4.78, 5) is 8.96. The van der Waals surface area contributed by atoms with Crippen LogP contribution in [0.2, 0.25) is 0 Å². The molecule has 0 aliphatic carbocycles. The van der Waals surface area contributed by atoms with Crippen molar-refractivity contribution in [1.82, 2.24) is 14.5 Å². The first-order chi connectivity index (χ1) is 8.88. The standard InChI is InChI=1S/C13H12ClN3O/c14-5-3-12-16-11-2-1-6-15-13(11)17(12)8-10-4-7-18-9-10/h1-2,4,6-7,9H,3,5,8H2. The van der Waals surface area contributed by atoms with E-state index >= 15 is 0 Å². The molecule has 0 saturated carbocycles. The van der Waals surface area contributed by atoms with Gasteiger partial charge in [-0.25, -0.2) is 9.97 Å². The van der Waals surface area contributed by atoms with Crippen LogP contribution in [0.5, 0.6) is 0 Å². The molecule has 0 atom stereocenters. The Morgan fingerprint density at radius 3 is 3.06 bits per heavy atom. The van der Waals surface area contributed by atoms with E-state index in [0.29, 0.717) is 12.4 Å². The first-order valence-corrected chi connectivity index (χ1v) is 6.29. The van der Waals surface area contributed by atoms with Gasteiger partial charge in [-0.1, -0.05) is 0 Å². The van der Waals surface area contributed by atoms with Gasteiger partial charge >= 0.3 is 0 Å². The molecule has 0 spiro atoms. The number of rotatable bonds is 4. The summed E-state index contributed by atoms with van der Waals surface area (Å²) in [6, 6.07) is 5.80. The van der Waals surface area contributed by atoms with E-state index < -0.39 is 0 Å². The summed E-state index contributed by atoms with van der Waals surface area (Å²) >= 11 is 5.83. The number of nitrogens with zero attached hydrogens (tertiary/aromatic N) is 3. The number of imidazole rings is 1. The zero-order valence-corrected chi connectivity index (χ0v) is 10.5. The largest absolute Gasteiger partial charge is 0.472 e. The summed E-state index contributed by atoms with van der Waals surface area (Å²) in [5, 5.41) is 0. The lowest BCUT2D eigenvalue weighted by atomic mass is 10.3. The molecule has 92 valence electrons. The Labute approximate surface area is 109 Å². The van der Waals surface area contributed by atoms with Gasteiger partial charge in [0.2, 0.25) is 0 Å². The highest BCUT2D eigenvalue weighted by Gasteiger charge is 2.11. The number of furan rings is 1. The van der Waals surface area contributed by atoms with E-state index in [2.05, 4.69) is 14.5 Å². The molecule has 3 aromatic heterocycles. The number of hydrogen-bond donors (Lipinski definition) is 0. The van der Waals surface area contributed by atoms with Crippen molar-refractivity contribution >= 4 is 22.8 Å². The molecule has 3 rings (SSSR count). The lowest BCUT2D eigenvalue weighted by molar-refractivity contribution is 0.562. The smallest absolute Gasteiger partial charge is 0.160 e. The average molecular weight is 262 g/mol. The van der Waals surface area contributed by atoms with Gasteiger partial charge in [-0.2, -0.15) is 0 Å². The zero-order valence-electron chi connectivity index (χ0n) is 9.71. The highest BCUT2D eigenvalue weighted by Crippen LogP contribution is 2.16. The minimum absolute atomic E-state index is 0.550. The number of halogens is 1. The van der Waals surface area contributed by atoms with Crippen LogP contribution in [0.4, 0.5) is 0 Å². The number of fused-ring (bicyclic) bond motifs is 1. The van der Waals surface area contributed by atoms with Crippen molar-refractivity contribution in [3.63, 3.8) is 0 Å². The lowest BCUT2D eigenvalue weighted by Gasteiger charge is -2.05. The van der Waals surface area contributed by atoms with Gasteiger partial charge in [0.05, 0.1) is 19.1 Å². The third-order valence-corrected chi connectivity index (χ3v) is 3.01. The highest BCUT2D eigenvalue weighted by atomic mass is 35.5.